The first-order valence-corrected chi connectivity index (χ1v) is 10.7. The van der Waals surface area contributed by atoms with Gasteiger partial charge in [-0.2, -0.15) is 0 Å². The Labute approximate surface area is 157 Å². The second-order valence-corrected chi connectivity index (χ2v) is 10.4. The van der Waals surface area contributed by atoms with Crippen LogP contribution in [0.4, 0.5) is 0 Å². The van der Waals surface area contributed by atoms with Gasteiger partial charge in [0.2, 0.25) is 0 Å². The van der Waals surface area contributed by atoms with Crippen molar-refractivity contribution in [1.29, 1.82) is 0 Å². The molecule has 3 heteroatoms. The van der Waals surface area contributed by atoms with E-state index in [9.17, 15) is 0 Å². The predicted octanol–water partition coefficient (Wildman–Crippen LogP) is 6.15. The molecule has 0 aromatic heterocycles. The van der Waals surface area contributed by atoms with E-state index in [4.69, 9.17) is 16.7 Å². The first-order chi connectivity index (χ1) is 11.3. The van der Waals surface area contributed by atoms with E-state index in [0.29, 0.717) is 17.1 Å². The van der Waals surface area contributed by atoms with Crippen LogP contribution in [0.1, 0.15) is 65.4 Å². The molecule has 0 heterocycles. The Morgan fingerprint density at radius 2 is 1.92 bits per heavy atom. The summed E-state index contributed by atoms with van der Waals surface area (Å²) < 4.78 is 0. The Kier molecular flexibility index (Phi) is 5.06. The highest BCUT2D eigenvalue weighted by Crippen LogP contribution is 2.64. The van der Waals surface area contributed by atoms with E-state index in [1.54, 1.807) is 0 Å². The lowest BCUT2D eigenvalue weighted by atomic mass is 9.47. The van der Waals surface area contributed by atoms with Crippen LogP contribution in [0.3, 0.4) is 0 Å². The molecule has 2 N–H and O–H groups in total. The first kappa shape index (κ1) is 18.6. The number of rotatable bonds is 4. The summed E-state index contributed by atoms with van der Waals surface area (Å²) >= 11 is 8.79. The molecule has 0 aliphatic heterocycles. The Morgan fingerprint density at radius 1 is 1.25 bits per heavy atom. The first-order valence-electron chi connectivity index (χ1n) is 9.39. The van der Waals surface area contributed by atoms with E-state index >= 15 is 0 Å². The number of alkyl halides is 1. The van der Waals surface area contributed by atoms with Gasteiger partial charge in [-0.3, -0.25) is 5.14 Å². The molecule has 1 aromatic carbocycles. The summed E-state index contributed by atoms with van der Waals surface area (Å²) in [5.74, 6) is 1.12. The topological polar surface area (TPSA) is 26.0 Å². The molecule has 3 rings (SSSR count). The molecule has 2 fully saturated rings. The SMILES string of the molecule is CCC1(Cl)C(C)CC2(c3ccccc3)CC1CC(C)(C(C)SN)C2. The van der Waals surface area contributed by atoms with Crippen molar-refractivity contribution in [3.05, 3.63) is 35.9 Å². The highest BCUT2D eigenvalue weighted by molar-refractivity contribution is 7.97. The van der Waals surface area contributed by atoms with Crippen LogP contribution in [-0.2, 0) is 5.41 Å². The normalized spacial score (nSPS) is 43.4. The van der Waals surface area contributed by atoms with Crippen molar-refractivity contribution < 1.29 is 0 Å². The van der Waals surface area contributed by atoms with E-state index in [-0.39, 0.29) is 15.7 Å². The summed E-state index contributed by atoms with van der Waals surface area (Å²) in [6.45, 7) is 9.40. The molecule has 134 valence electrons. The van der Waals surface area contributed by atoms with Crippen LogP contribution in [0.25, 0.3) is 0 Å². The van der Waals surface area contributed by atoms with Crippen LogP contribution >= 0.6 is 23.5 Å². The molecule has 2 bridgehead atoms. The van der Waals surface area contributed by atoms with Gasteiger partial charge in [-0.15, -0.1) is 11.6 Å². The Morgan fingerprint density at radius 3 is 2.50 bits per heavy atom. The lowest BCUT2D eigenvalue weighted by Crippen LogP contribution is -2.57. The Bertz CT molecular complexity index is 574. The zero-order chi connectivity index (χ0) is 17.6. The van der Waals surface area contributed by atoms with Crippen molar-refractivity contribution in [1.82, 2.24) is 0 Å². The fourth-order valence-corrected chi connectivity index (χ4v) is 6.66. The van der Waals surface area contributed by atoms with E-state index in [2.05, 4.69) is 58.0 Å². The quantitative estimate of drug-likeness (QED) is 0.511. The molecule has 0 amide bonds. The molecule has 1 nitrogen and oxygen atoms in total. The van der Waals surface area contributed by atoms with Crippen molar-refractivity contribution in [2.45, 2.75) is 75.3 Å². The second-order valence-electron chi connectivity index (χ2n) is 8.75. The van der Waals surface area contributed by atoms with Crippen LogP contribution in [0, 0.1) is 17.3 Å². The molecule has 0 radical (unpaired) electrons. The molecular formula is C21H32ClNS. The van der Waals surface area contributed by atoms with Gasteiger partial charge in [-0.25, -0.2) is 0 Å². The maximum absolute atomic E-state index is 7.26. The summed E-state index contributed by atoms with van der Waals surface area (Å²) in [4.78, 5) is -0.0566. The largest absolute Gasteiger partial charge is 0.278 e. The number of hydrogen-bond acceptors (Lipinski definition) is 2. The smallest absolute Gasteiger partial charge is 0.0498 e. The molecule has 24 heavy (non-hydrogen) atoms. The van der Waals surface area contributed by atoms with Gasteiger partial charge >= 0.3 is 0 Å². The Hall–Kier alpha value is -0.180. The molecule has 2 aliphatic rings. The predicted molar refractivity (Wildman–Crippen MR) is 107 cm³/mol. The Balaban J connectivity index is 2.08. The molecule has 1 aromatic rings. The van der Waals surface area contributed by atoms with Gasteiger partial charge in [0.15, 0.2) is 0 Å². The molecule has 6 atom stereocenters. The minimum Gasteiger partial charge on any atom is -0.278 e. The molecule has 6 unspecified atom stereocenters. The minimum atomic E-state index is -0.0566. The summed E-state index contributed by atoms with van der Waals surface area (Å²) in [6.07, 6.45) is 5.92. The molecular weight excluding hydrogens is 334 g/mol. The maximum atomic E-state index is 7.26. The van der Waals surface area contributed by atoms with Gasteiger partial charge in [0.25, 0.3) is 0 Å². The molecule has 2 saturated carbocycles. The van der Waals surface area contributed by atoms with E-state index in [0.717, 1.165) is 6.42 Å². The second kappa shape index (κ2) is 6.52. The van der Waals surface area contributed by atoms with Crippen LogP contribution in [0.2, 0.25) is 0 Å². The fourth-order valence-electron chi connectivity index (χ4n) is 5.92. The summed E-state index contributed by atoms with van der Waals surface area (Å²) in [5, 5.41) is 6.48. The van der Waals surface area contributed by atoms with Crippen molar-refractivity contribution >= 4 is 23.5 Å². The van der Waals surface area contributed by atoms with E-state index < -0.39 is 0 Å². The van der Waals surface area contributed by atoms with Crippen molar-refractivity contribution in [2.24, 2.45) is 22.4 Å². The number of hydrogen-bond donors (Lipinski definition) is 1. The van der Waals surface area contributed by atoms with E-state index in [1.807, 2.05) is 0 Å². The monoisotopic (exact) mass is 365 g/mol. The lowest BCUT2D eigenvalue weighted by molar-refractivity contribution is -0.00928. The summed E-state index contributed by atoms with van der Waals surface area (Å²) in [7, 11) is 0. The zero-order valence-corrected chi connectivity index (χ0v) is 17.1. The van der Waals surface area contributed by atoms with Crippen LogP contribution in [-0.4, -0.2) is 10.1 Å². The van der Waals surface area contributed by atoms with Crippen molar-refractivity contribution in [3.63, 3.8) is 0 Å². The van der Waals surface area contributed by atoms with Crippen molar-refractivity contribution in [3.8, 4) is 0 Å². The van der Waals surface area contributed by atoms with Gasteiger partial charge in [-0.05, 0) is 60.3 Å². The van der Waals surface area contributed by atoms with Crippen LogP contribution in [0.15, 0.2) is 30.3 Å². The van der Waals surface area contributed by atoms with Gasteiger partial charge < -0.3 is 0 Å². The zero-order valence-electron chi connectivity index (χ0n) is 15.5. The average molecular weight is 366 g/mol. The van der Waals surface area contributed by atoms with Gasteiger partial charge in [0, 0.05) is 10.1 Å². The van der Waals surface area contributed by atoms with Crippen molar-refractivity contribution in [2.75, 3.05) is 0 Å². The molecule has 0 spiro atoms. The molecule has 2 aliphatic carbocycles. The van der Waals surface area contributed by atoms with Gasteiger partial charge in [0.05, 0.1) is 0 Å². The third-order valence-corrected chi connectivity index (χ3v) is 9.33. The summed E-state index contributed by atoms with van der Waals surface area (Å²) in [6, 6.07) is 11.2. The highest BCUT2D eigenvalue weighted by atomic mass is 35.5. The van der Waals surface area contributed by atoms with Crippen LogP contribution in [0.5, 0.6) is 0 Å². The van der Waals surface area contributed by atoms with E-state index in [1.165, 1.54) is 43.2 Å². The summed E-state index contributed by atoms with van der Waals surface area (Å²) in [5.41, 5.74) is 2.01. The number of halogens is 1. The molecule has 0 saturated heterocycles. The minimum absolute atomic E-state index is 0.0566. The third kappa shape index (κ3) is 2.83. The maximum Gasteiger partial charge on any atom is 0.0498 e. The standard InChI is InChI=1S/C21H32ClNS/c1-5-21(22)15(2)11-20(17-9-7-6-8-10-17)13-18(21)12-19(4,14-20)16(3)24-23/h6-10,15-16,18H,5,11-14,23H2,1-4H3. The van der Waals surface area contributed by atoms with Gasteiger partial charge in [-0.1, -0.05) is 70.0 Å². The fraction of sp³-hybridized carbons (Fsp3) is 0.714. The number of nitrogens with two attached hydrogens (primary N) is 1. The average Bonchev–Trinajstić information content (AvgIpc) is 2.59. The van der Waals surface area contributed by atoms with Gasteiger partial charge in [0.1, 0.15) is 0 Å². The third-order valence-electron chi connectivity index (χ3n) is 7.40. The lowest BCUT2D eigenvalue weighted by Gasteiger charge is -2.61. The number of fused-ring (bicyclic) bond motifs is 2. The number of benzene rings is 1. The van der Waals surface area contributed by atoms with Crippen LogP contribution < -0.4 is 5.14 Å². The highest BCUT2D eigenvalue weighted by Gasteiger charge is 2.59.